The summed E-state index contributed by atoms with van der Waals surface area (Å²) in [6.07, 6.45) is 0.479. The van der Waals surface area contributed by atoms with E-state index in [0.29, 0.717) is 22.0 Å². The third kappa shape index (κ3) is 6.42. The molecule has 1 amide bonds. The molecule has 0 spiro atoms. The maximum absolute atomic E-state index is 12.4. The van der Waals surface area contributed by atoms with Gasteiger partial charge in [-0.05, 0) is 43.5 Å². The minimum atomic E-state index is -0.313. The molecule has 0 radical (unpaired) electrons. The summed E-state index contributed by atoms with van der Waals surface area (Å²) in [5, 5.41) is 21.6. The molecule has 9 nitrogen and oxygen atoms in total. The lowest BCUT2D eigenvalue weighted by Crippen LogP contribution is -2.17. The molecule has 3 rings (SSSR count). The SMILES string of the molecule is CCc1nnc(NC(=O)CSc2nnc(C(C)Oc3ccc(OC)cc3)n2CC(C)C)s1. The second-order valence-corrected chi connectivity index (χ2v) is 9.48. The summed E-state index contributed by atoms with van der Waals surface area (Å²) in [7, 11) is 1.63. The average Bonchev–Trinajstić information content (AvgIpc) is 3.39. The summed E-state index contributed by atoms with van der Waals surface area (Å²) >= 11 is 2.72. The Hall–Kier alpha value is -2.66. The van der Waals surface area contributed by atoms with Crippen LogP contribution < -0.4 is 14.8 Å². The smallest absolute Gasteiger partial charge is 0.236 e. The molecule has 3 aromatic rings. The first-order valence-electron chi connectivity index (χ1n) is 10.4. The monoisotopic (exact) mass is 476 g/mol. The summed E-state index contributed by atoms with van der Waals surface area (Å²) in [5.74, 6) is 2.62. The fourth-order valence-electron chi connectivity index (χ4n) is 2.89. The Morgan fingerprint density at radius 2 is 1.84 bits per heavy atom. The Bertz CT molecular complexity index is 1020. The number of hydrogen-bond acceptors (Lipinski definition) is 9. The van der Waals surface area contributed by atoms with Crippen molar-refractivity contribution in [1.29, 1.82) is 0 Å². The lowest BCUT2D eigenvalue weighted by Gasteiger charge is -2.18. The van der Waals surface area contributed by atoms with Crippen molar-refractivity contribution in [3.05, 3.63) is 35.1 Å². The van der Waals surface area contributed by atoms with Crippen LogP contribution in [0.3, 0.4) is 0 Å². The average molecular weight is 477 g/mol. The van der Waals surface area contributed by atoms with E-state index in [9.17, 15) is 4.79 Å². The van der Waals surface area contributed by atoms with Crippen LogP contribution in [-0.2, 0) is 17.8 Å². The van der Waals surface area contributed by atoms with Crippen LogP contribution in [0.15, 0.2) is 29.4 Å². The lowest BCUT2D eigenvalue weighted by molar-refractivity contribution is -0.113. The van der Waals surface area contributed by atoms with Crippen LogP contribution in [0.25, 0.3) is 0 Å². The zero-order chi connectivity index (χ0) is 23.1. The standard InChI is InChI=1S/C21H28N6O3S2/c1-6-18-23-25-20(32-18)22-17(28)12-31-21-26-24-19(27(21)11-13(2)3)14(4)30-16-9-7-15(29-5)8-10-16/h7-10,13-14H,6,11-12H2,1-5H3,(H,22,25,28). The van der Waals surface area contributed by atoms with Gasteiger partial charge in [0.1, 0.15) is 16.5 Å². The number of nitrogens with zero attached hydrogens (tertiary/aromatic N) is 5. The first-order chi connectivity index (χ1) is 15.4. The zero-order valence-electron chi connectivity index (χ0n) is 18.9. The summed E-state index contributed by atoms with van der Waals surface area (Å²) in [5.41, 5.74) is 0. The maximum Gasteiger partial charge on any atom is 0.236 e. The highest BCUT2D eigenvalue weighted by Gasteiger charge is 2.21. The Labute approximate surface area is 195 Å². The highest BCUT2D eigenvalue weighted by atomic mass is 32.2. The van der Waals surface area contributed by atoms with Crippen molar-refractivity contribution in [3.8, 4) is 11.5 Å². The van der Waals surface area contributed by atoms with E-state index < -0.39 is 0 Å². The maximum atomic E-state index is 12.4. The van der Waals surface area contributed by atoms with E-state index in [1.807, 2.05) is 42.7 Å². The number of thioether (sulfide) groups is 1. The minimum absolute atomic E-state index is 0.156. The van der Waals surface area contributed by atoms with E-state index in [0.717, 1.165) is 29.5 Å². The largest absolute Gasteiger partial charge is 0.497 e. The molecule has 0 saturated carbocycles. The number of amides is 1. The number of rotatable bonds is 11. The predicted molar refractivity (Wildman–Crippen MR) is 126 cm³/mol. The van der Waals surface area contributed by atoms with Gasteiger partial charge in [-0.2, -0.15) is 0 Å². The Morgan fingerprint density at radius 3 is 2.47 bits per heavy atom. The van der Waals surface area contributed by atoms with Crippen LogP contribution in [0.2, 0.25) is 0 Å². The summed E-state index contributed by atoms with van der Waals surface area (Å²) < 4.78 is 13.3. The molecule has 2 aromatic heterocycles. The number of benzene rings is 1. The first-order valence-corrected chi connectivity index (χ1v) is 12.2. The molecular weight excluding hydrogens is 448 g/mol. The van der Waals surface area contributed by atoms with Gasteiger partial charge in [-0.25, -0.2) is 0 Å². The Kier molecular flexibility index (Phi) is 8.46. The molecule has 11 heteroatoms. The fraction of sp³-hybridized carbons (Fsp3) is 0.476. The Morgan fingerprint density at radius 1 is 1.12 bits per heavy atom. The summed E-state index contributed by atoms with van der Waals surface area (Å²) in [6.45, 7) is 8.91. The molecule has 0 aliphatic heterocycles. The Balaban J connectivity index is 1.67. The van der Waals surface area contributed by atoms with Crippen LogP contribution in [0.5, 0.6) is 11.5 Å². The highest BCUT2D eigenvalue weighted by molar-refractivity contribution is 7.99. The summed E-state index contributed by atoms with van der Waals surface area (Å²) in [4.78, 5) is 12.4. The molecule has 0 bridgehead atoms. The van der Waals surface area contributed by atoms with Crippen molar-refractivity contribution < 1.29 is 14.3 Å². The van der Waals surface area contributed by atoms with Crippen molar-refractivity contribution in [2.45, 2.75) is 51.9 Å². The number of hydrogen-bond donors (Lipinski definition) is 1. The van der Waals surface area contributed by atoms with Gasteiger partial charge in [0.2, 0.25) is 11.0 Å². The molecule has 0 aliphatic rings. The molecule has 1 atom stereocenters. The number of anilines is 1. The summed E-state index contributed by atoms with van der Waals surface area (Å²) in [6, 6.07) is 7.41. The van der Waals surface area contributed by atoms with Crippen LogP contribution in [-0.4, -0.2) is 43.7 Å². The van der Waals surface area contributed by atoms with Crippen molar-refractivity contribution in [2.75, 3.05) is 18.2 Å². The molecule has 32 heavy (non-hydrogen) atoms. The van der Waals surface area contributed by atoms with Crippen LogP contribution in [0.1, 0.15) is 44.6 Å². The second kappa shape index (κ2) is 11.3. The fourth-order valence-corrected chi connectivity index (χ4v) is 4.34. The number of aryl methyl sites for hydroxylation is 1. The molecule has 1 aromatic carbocycles. The number of aromatic nitrogens is 5. The second-order valence-electron chi connectivity index (χ2n) is 7.47. The van der Waals surface area contributed by atoms with E-state index in [1.165, 1.54) is 23.1 Å². The molecule has 172 valence electrons. The van der Waals surface area contributed by atoms with Gasteiger partial charge >= 0.3 is 0 Å². The predicted octanol–water partition coefficient (Wildman–Crippen LogP) is 4.23. The number of carbonyl (C=O) groups excluding carboxylic acids is 1. The van der Waals surface area contributed by atoms with Crippen LogP contribution in [0.4, 0.5) is 5.13 Å². The van der Waals surface area contributed by atoms with Gasteiger partial charge in [-0.1, -0.05) is 43.9 Å². The van der Waals surface area contributed by atoms with Crippen molar-refractivity contribution >= 4 is 34.1 Å². The van der Waals surface area contributed by atoms with Gasteiger partial charge in [0.25, 0.3) is 0 Å². The van der Waals surface area contributed by atoms with Crippen molar-refractivity contribution in [3.63, 3.8) is 0 Å². The molecule has 1 unspecified atom stereocenters. The van der Waals surface area contributed by atoms with Gasteiger partial charge in [-0.3, -0.25) is 10.1 Å². The number of nitrogens with one attached hydrogen (secondary N) is 1. The molecule has 0 aliphatic carbocycles. The van der Waals surface area contributed by atoms with Gasteiger partial charge in [0, 0.05) is 6.54 Å². The third-order valence-corrected chi connectivity index (χ3v) is 6.33. The van der Waals surface area contributed by atoms with Gasteiger partial charge < -0.3 is 14.0 Å². The quantitative estimate of drug-likeness (QED) is 0.410. The minimum Gasteiger partial charge on any atom is -0.497 e. The van der Waals surface area contributed by atoms with Gasteiger partial charge in [0.05, 0.1) is 12.9 Å². The van der Waals surface area contributed by atoms with Gasteiger partial charge in [-0.15, -0.1) is 20.4 Å². The number of methoxy groups -OCH3 is 1. The molecular formula is C21H28N6O3S2. The van der Waals surface area contributed by atoms with Crippen LogP contribution >= 0.6 is 23.1 Å². The molecule has 1 N–H and O–H groups in total. The highest BCUT2D eigenvalue weighted by Crippen LogP contribution is 2.27. The zero-order valence-corrected chi connectivity index (χ0v) is 20.5. The van der Waals surface area contributed by atoms with E-state index >= 15 is 0 Å². The third-order valence-electron chi connectivity index (χ3n) is 4.38. The molecule has 2 heterocycles. The number of carbonyl (C=O) groups is 1. The van der Waals surface area contributed by atoms with Crippen molar-refractivity contribution in [2.24, 2.45) is 5.92 Å². The van der Waals surface area contributed by atoms with E-state index in [2.05, 4.69) is 39.6 Å². The number of ether oxygens (including phenoxy) is 2. The van der Waals surface area contributed by atoms with E-state index in [-0.39, 0.29) is 17.8 Å². The normalized spacial score (nSPS) is 12.1. The first kappa shape index (κ1) is 24.0. The van der Waals surface area contributed by atoms with E-state index in [4.69, 9.17) is 9.47 Å². The topological polar surface area (TPSA) is 104 Å². The molecule has 0 fully saturated rings. The van der Waals surface area contributed by atoms with Crippen LogP contribution in [0, 0.1) is 5.92 Å². The van der Waals surface area contributed by atoms with Crippen molar-refractivity contribution in [1.82, 2.24) is 25.0 Å². The van der Waals surface area contributed by atoms with Gasteiger partial charge in [0.15, 0.2) is 17.1 Å². The molecule has 0 saturated heterocycles. The lowest BCUT2D eigenvalue weighted by atomic mass is 10.2. The van der Waals surface area contributed by atoms with E-state index in [1.54, 1.807) is 7.11 Å².